The van der Waals surface area contributed by atoms with Gasteiger partial charge in [0.1, 0.15) is 0 Å². The van der Waals surface area contributed by atoms with Crippen molar-refractivity contribution in [3.8, 4) is 0 Å². The Labute approximate surface area is 106 Å². The summed E-state index contributed by atoms with van der Waals surface area (Å²) in [4.78, 5) is 2.55. The molecule has 0 radical (unpaired) electrons. The van der Waals surface area contributed by atoms with E-state index in [0.29, 0.717) is 0 Å². The molecule has 2 aliphatic carbocycles. The zero-order chi connectivity index (χ0) is 12.1. The van der Waals surface area contributed by atoms with Gasteiger partial charge in [-0.25, -0.2) is 0 Å². The number of rotatable bonds is 4. The molecule has 0 aromatic heterocycles. The van der Waals surface area contributed by atoms with Crippen molar-refractivity contribution in [2.24, 2.45) is 11.8 Å². The van der Waals surface area contributed by atoms with E-state index in [1.807, 2.05) is 0 Å². The lowest BCUT2D eigenvalue weighted by molar-refractivity contribution is 0.0940. The molecule has 2 saturated carbocycles. The summed E-state index contributed by atoms with van der Waals surface area (Å²) in [7, 11) is 2.29. The van der Waals surface area contributed by atoms with Crippen LogP contribution in [0.4, 0.5) is 0 Å². The summed E-state index contributed by atoms with van der Waals surface area (Å²) in [6, 6.07) is 0. The van der Waals surface area contributed by atoms with Gasteiger partial charge in [-0.1, -0.05) is 19.3 Å². The van der Waals surface area contributed by atoms with Crippen LogP contribution >= 0.6 is 0 Å². The van der Waals surface area contributed by atoms with Gasteiger partial charge >= 0.3 is 0 Å². The van der Waals surface area contributed by atoms with E-state index in [1.54, 1.807) is 0 Å². The molecule has 2 heteroatoms. The van der Waals surface area contributed by atoms with Crippen molar-refractivity contribution < 1.29 is 5.11 Å². The van der Waals surface area contributed by atoms with Gasteiger partial charge in [0.25, 0.3) is 0 Å². The Bertz CT molecular complexity index is 205. The third-order valence-corrected chi connectivity index (χ3v) is 4.68. The van der Waals surface area contributed by atoms with Gasteiger partial charge in [-0.3, -0.25) is 0 Å². The van der Waals surface area contributed by atoms with Gasteiger partial charge in [-0.2, -0.15) is 0 Å². The lowest BCUT2D eigenvalue weighted by Crippen LogP contribution is -2.33. The second kappa shape index (κ2) is 6.75. The predicted octanol–water partition coefficient (Wildman–Crippen LogP) is 3.05. The first-order valence-electron chi connectivity index (χ1n) is 7.60. The molecule has 0 saturated heterocycles. The Morgan fingerprint density at radius 3 is 1.94 bits per heavy atom. The molecule has 0 aromatic carbocycles. The van der Waals surface area contributed by atoms with Crippen LogP contribution in [0.3, 0.4) is 0 Å². The fourth-order valence-electron chi connectivity index (χ4n) is 3.65. The molecule has 0 atom stereocenters. The highest BCUT2D eigenvalue weighted by atomic mass is 16.3. The summed E-state index contributed by atoms with van der Waals surface area (Å²) >= 11 is 0. The maximum Gasteiger partial charge on any atom is 0.0540 e. The Kier molecular flexibility index (Phi) is 5.30. The van der Waals surface area contributed by atoms with Gasteiger partial charge in [-0.15, -0.1) is 0 Å². The van der Waals surface area contributed by atoms with E-state index in [2.05, 4.69) is 11.9 Å². The molecule has 0 heterocycles. The Hall–Kier alpha value is -0.0800. The van der Waals surface area contributed by atoms with Crippen molar-refractivity contribution in [3.05, 3.63) is 0 Å². The highest BCUT2D eigenvalue weighted by Crippen LogP contribution is 2.27. The van der Waals surface area contributed by atoms with Crippen molar-refractivity contribution in [2.75, 3.05) is 20.1 Å². The monoisotopic (exact) mass is 239 g/mol. The zero-order valence-corrected chi connectivity index (χ0v) is 11.4. The van der Waals surface area contributed by atoms with Crippen molar-refractivity contribution in [1.82, 2.24) is 4.90 Å². The maximum atomic E-state index is 9.51. The van der Waals surface area contributed by atoms with E-state index < -0.39 is 0 Å². The van der Waals surface area contributed by atoms with Crippen LogP contribution in [-0.4, -0.2) is 36.2 Å². The molecule has 0 unspecified atom stereocenters. The van der Waals surface area contributed by atoms with Crippen molar-refractivity contribution in [2.45, 2.75) is 63.9 Å². The normalized spacial score (nSPS) is 31.9. The molecule has 2 rings (SSSR count). The van der Waals surface area contributed by atoms with Crippen molar-refractivity contribution >= 4 is 0 Å². The molecule has 100 valence electrons. The molecule has 0 spiro atoms. The average Bonchev–Trinajstić information content (AvgIpc) is 2.33. The SMILES string of the molecule is CN(CC1CCCCC1)CC1CCC(O)CC1. The van der Waals surface area contributed by atoms with Crippen LogP contribution in [0, 0.1) is 11.8 Å². The van der Waals surface area contributed by atoms with Crippen LogP contribution in [0.2, 0.25) is 0 Å². The Morgan fingerprint density at radius 2 is 1.35 bits per heavy atom. The minimum Gasteiger partial charge on any atom is -0.393 e. The van der Waals surface area contributed by atoms with Crippen LogP contribution < -0.4 is 0 Å². The number of hydrogen-bond acceptors (Lipinski definition) is 2. The molecule has 2 nitrogen and oxygen atoms in total. The molecular formula is C15H29NO. The van der Waals surface area contributed by atoms with Crippen molar-refractivity contribution in [3.63, 3.8) is 0 Å². The summed E-state index contributed by atoms with van der Waals surface area (Å²) in [5.41, 5.74) is 0. The number of nitrogens with zero attached hydrogens (tertiary/aromatic N) is 1. The second-order valence-corrected chi connectivity index (χ2v) is 6.40. The van der Waals surface area contributed by atoms with Crippen LogP contribution in [0.5, 0.6) is 0 Å². The molecule has 2 aliphatic rings. The number of aliphatic hydroxyl groups excluding tert-OH is 1. The molecular weight excluding hydrogens is 210 g/mol. The quantitative estimate of drug-likeness (QED) is 0.815. The zero-order valence-electron chi connectivity index (χ0n) is 11.4. The van der Waals surface area contributed by atoms with E-state index in [-0.39, 0.29) is 6.10 Å². The molecule has 0 bridgehead atoms. The van der Waals surface area contributed by atoms with Crippen molar-refractivity contribution in [1.29, 1.82) is 0 Å². The van der Waals surface area contributed by atoms with E-state index >= 15 is 0 Å². The van der Waals surface area contributed by atoms with Gasteiger partial charge in [0, 0.05) is 13.1 Å². The highest BCUT2D eigenvalue weighted by Gasteiger charge is 2.22. The number of aliphatic hydroxyl groups is 1. The molecule has 17 heavy (non-hydrogen) atoms. The lowest BCUT2D eigenvalue weighted by atomic mass is 9.86. The first kappa shape index (κ1) is 13.4. The minimum atomic E-state index is -0.00472. The third kappa shape index (κ3) is 4.59. The van der Waals surface area contributed by atoms with E-state index in [0.717, 1.165) is 24.7 Å². The topological polar surface area (TPSA) is 23.5 Å². The van der Waals surface area contributed by atoms with E-state index in [1.165, 1.54) is 58.0 Å². The Morgan fingerprint density at radius 1 is 0.824 bits per heavy atom. The fourth-order valence-corrected chi connectivity index (χ4v) is 3.65. The average molecular weight is 239 g/mol. The van der Waals surface area contributed by atoms with Gasteiger partial charge in [-0.05, 0) is 57.4 Å². The maximum absolute atomic E-state index is 9.51. The van der Waals surface area contributed by atoms with Gasteiger partial charge < -0.3 is 10.0 Å². The van der Waals surface area contributed by atoms with Crippen LogP contribution in [0.1, 0.15) is 57.8 Å². The molecule has 2 fully saturated rings. The smallest absolute Gasteiger partial charge is 0.0540 e. The number of hydrogen-bond donors (Lipinski definition) is 1. The van der Waals surface area contributed by atoms with Gasteiger partial charge in [0.2, 0.25) is 0 Å². The summed E-state index contributed by atoms with van der Waals surface area (Å²) in [6.07, 6.45) is 11.8. The third-order valence-electron chi connectivity index (χ3n) is 4.68. The molecule has 0 aliphatic heterocycles. The van der Waals surface area contributed by atoms with Crippen LogP contribution in [-0.2, 0) is 0 Å². The standard InChI is InChI=1S/C15H29NO/c1-16(11-13-5-3-2-4-6-13)12-14-7-9-15(17)10-8-14/h13-15,17H,2-12H2,1H3. The Balaban J connectivity index is 1.64. The van der Waals surface area contributed by atoms with E-state index in [4.69, 9.17) is 0 Å². The van der Waals surface area contributed by atoms with Crippen LogP contribution in [0.25, 0.3) is 0 Å². The minimum absolute atomic E-state index is 0.00472. The first-order valence-corrected chi connectivity index (χ1v) is 7.60. The predicted molar refractivity (Wildman–Crippen MR) is 72.0 cm³/mol. The van der Waals surface area contributed by atoms with E-state index in [9.17, 15) is 5.11 Å². The first-order chi connectivity index (χ1) is 8.24. The summed E-state index contributed by atoms with van der Waals surface area (Å²) in [5.74, 6) is 1.80. The lowest BCUT2D eigenvalue weighted by Gasteiger charge is -2.32. The fraction of sp³-hybridized carbons (Fsp3) is 1.00. The molecule has 1 N–H and O–H groups in total. The van der Waals surface area contributed by atoms with Gasteiger partial charge in [0.05, 0.1) is 6.10 Å². The summed E-state index contributed by atoms with van der Waals surface area (Å²) < 4.78 is 0. The van der Waals surface area contributed by atoms with Crippen LogP contribution in [0.15, 0.2) is 0 Å². The largest absolute Gasteiger partial charge is 0.393 e. The second-order valence-electron chi connectivity index (χ2n) is 6.40. The molecule has 0 amide bonds. The highest BCUT2D eigenvalue weighted by molar-refractivity contribution is 4.75. The summed E-state index contributed by atoms with van der Waals surface area (Å²) in [6.45, 7) is 2.56. The molecule has 0 aromatic rings. The summed E-state index contributed by atoms with van der Waals surface area (Å²) in [5, 5.41) is 9.51. The van der Waals surface area contributed by atoms with Gasteiger partial charge in [0.15, 0.2) is 0 Å².